The van der Waals surface area contributed by atoms with Crippen molar-refractivity contribution >= 4 is 41.8 Å². The number of hydrogen-bond acceptors (Lipinski definition) is 4. The first-order chi connectivity index (χ1) is 11.8. The lowest BCUT2D eigenvalue weighted by molar-refractivity contribution is 0.0791. The molecule has 2 N–H and O–H groups in total. The number of carbonyl (C=O) groups is 1. The Hall–Kier alpha value is -1.37. The van der Waals surface area contributed by atoms with Crippen LogP contribution in [-0.2, 0) is 0 Å². The van der Waals surface area contributed by atoms with E-state index in [0.29, 0.717) is 18.0 Å². The molecule has 8 heteroatoms. The summed E-state index contributed by atoms with van der Waals surface area (Å²) < 4.78 is 1.91. The van der Waals surface area contributed by atoms with Crippen LogP contribution in [0, 0.1) is 12.8 Å². The monoisotopic (exact) mass is 417 g/mol. The highest BCUT2D eigenvalue weighted by Crippen LogP contribution is 2.23. The van der Waals surface area contributed by atoms with E-state index in [1.54, 1.807) is 11.1 Å². The molecule has 154 valence electrons. The van der Waals surface area contributed by atoms with Gasteiger partial charge in [0.1, 0.15) is 0 Å². The third-order valence-electron chi connectivity index (χ3n) is 4.93. The van der Waals surface area contributed by atoms with Gasteiger partial charge in [0.2, 0.25) is 0 Å². The zero-order chi connectivity index (χ0) is 18.7. The minimum absolute atomic E-state index is 0. The third-order valence-corrected chi connectivity index (χ3v) is 4.93. The maximum Gasteiger partial charge on any atom is 0.254 e. The van der Waals surface area contributed by atoms with Crippen LogP contribution < -0.4 is 5.73 Å². The molecule has 6 nitrogen and oxygen atoms in total. The molecule has 2 aromatic rings. The molecule has 2 atom stereocenters. The van der Waals surface area contributed by atoms with Gasteiger partial charge in [-0.15, -0.1) is 24.8 Å². The topological polar surface area (TPSA) is 77.0 Å². The van der Waals surface area contributed by atoms with Crippen molar-refractivity contribution < 1.29 is 4.79 Å². The SMILES string of the molecule is CCC(C)n1ncc2c(C(=O)N(C)CCC(N)C(C)C)cc(C)nc21.Cl.Cl. The molecule has 0 aromatic carbocycles. The van der Waals surface area contributed by atoms with E-state index in [1.807, 2.05) is 24.7 Å². The Balaban J connectivity index is 0.00000338. The van der Waals surface area contributed by atoms with Gasteiger partial charge in [-0.1, -0.05) is 20.8 Å². The van der Waals surface area contributed by atoms with Gasteiger partial charge in [-0.25, -0.2) is 9.67 Å². The minimum atomic E-state index is -0.00448. The van der Waals surface area contributed by atoms with Crippen molar-refractivity contribution in [2.45, 2.75) is 59.5 Å². The molecular weight excluding hydrogens is 385 g/mol. The van der Waals surface area contributed by atoms with Crippen molar-refractivity contribution in [3.05, 3.63) is 23.5 Å². The van der Waals surface area contributed by atoms with Crippen LogP contribution in [0.5, 0.6) is 0 Å². The van der Waals surface area contributed by atoms with Crippen LogP contribution in [0.3, 0.4) is 0 Å². The molecule has 0 aliphatic rings. The van der Waals surface area contributed by atoms with Crippen LogP contribution in [0.4, 0.5) is 0 Å². The molecule has 0 bridgehead atoms. The van der Waals surface area contributed by atoms with Crippen molar-refractivity contribution in [2.75, 3.05) is 13.6 Å². The van der Waals surface area contributed by atoms with Crippen LogP contribution in [-0.4, -0.2) is 45.2 Å². The van der Waals surface area contributed by atoms with E-state index >= 15 is 0 Å². The van der Waals surface area contributed by atoms with Crippen molar-refractivity contribution in [1.82, 2.24) is 19.7 Å². The Morgan fingerprint density at radius 2 is 1.93 bits per heavy atom. The fourth-order valence-corrected chi connectivity index (χ4v) is 2.80. The molecule has 0 fully saturated rings. The molecule has 0 saturated carbocycles. The van der Waals surface area contributed by atoms with Crippen LogP contribution in [0.2, 0.25) is 0 Å². The number of aromatic nitrogens is 3. The summed E-state index contributed by atoms with van der Waals surface area (Å²) in [6, 6.07) is 2.20. The molecule has 2 unspecified atom stereocenters. The summed E-state index contributed by atoms with van der Waals surface area (Å²) in [6.07, 6.45) is 3.51. The van der Waals surface area contributed by atoms with E-state index in [0.717, 1.165) is 29.6 Å². The van der Waals surface area contributed by atoms with Gasteiger partial charge in [0.25, 0.3) is 5.91 Å². The number of rotatable bonds is 7. The van der Waals surface area contributed by atoms with Gasteiger partial charge >= 0.3 is 0 Å². The van der Waals surface area contributed by atoms with Crippen molar-refractivity contribution in [1.29, 1.82) is 0 Å². The molecule has 2 heterocycles. The number of nitrogens with two attached hydrogens (primary N) is 1. The van der Waals surface area contributed by atoms with E-state index in [4.69, 9.17) is 5.73 Å². The first-order valence-corrected chi connectivity index (χ1v) is 9.12. The Kier molecular flexibility index (Phi) is 10.3. The number of amides is 1. The predicted octanol–water partition coefficient (Wildman–Crippen LogP) is 4.00. The van der Waals surface area contributed by atoms with Crippen molar-refractivity contribution in [3.8, 4) is 0 Å². The molecule has 1 amide bonds. The first kappa shape index (κ1) is 25.6. The molecule has 0 aliphatic carbocycles. The molecule has 0 aliphatic heterocycles. The molecule has 0 saturated heterocycles. The van der Waals surface area contributed by atoms with Crippen molar-refractivity contribution in [2.24, 2.45) is 11.7 Å². The van der Waals surface area contributed by atoms with E-state index in [-0.39, 0.29) is 42.8 Å². The Bertz CT molecular complexity index is 747. The number of carbonyl (C=O) groups excluding carboxylic acids is 1. The van der Waals surface area contributed by atoms with Gasteiger partial charge in [0.05, 0.1) is 23.2 Å². The summed E-state index contributed by atoms with van der Waals surface area (Å²) in [6.45, 7) is 11.0. The number of aryl methyl sites for hydroxylation is 1. The normalized spacial score (nSPS) is 13.0. The molecule has 27 heavy (non-hydrogen) atoms. The summed E-state index contributed by atoms with van der Waals surface area (Å²) in [5.74, 6) is 0.405. The molecule has 2 aromatic heterocycles. The van der Waals surface area contributed by atoms with E-state index in [9.17, 15) is 4.79 Å². The summed E-state index contributed by atoms with van der Waals surface area (Å²) >= 11 is 0. The maximum atomic E-state index is 13.0. The van der Waals surface area contributed by atoms with E-state index in [1.165, 1.54) is 0 Å². The highest BCUT2D eigenvalue weighted by molar-refractivity contribution is 6.05. The number of pyridine rings is 1. The number of nitrogens with zero attached hydrogens (tertiary/aromatic N) is 4. The van der Waals surface area contributed by atoms with Crippen LogP contribution >= 0.6 is 24.8 Å². The lowest BCUT2D eigenvalue weighted by atomic mass is 10.0. The van der Waals surface area contributed by atoms with Gasteiger partial charge in [-0.05, 0) is 38.7 Å². The molecule has 0 radical (unpaired) electrons. The first-order valence-electron chi connectivity index (χ1n) is 9.12. The van der Waals surface area contributed by atoms with E-state index < -0.39 is 0 Å². The largest absolute Gasteiger partial charge is 0.342 e. The maximum absolute atomic E-state index is 13.0. The van der Waals surface area contributed by atoms with Crippen LogP contribution in [0.15, 0.2) is 12.3 Å². The molecule has 2 rings (SSSR count). The zero-order valence-electron chi connectivity index (χ0n) is 17.1. The molecular formula is C19H33Cl2N5O. The highest BCUT2D eigenvalue weighted by atomic mass is 35.5. The van der Waals surface area contributed by atoms with Gasteiger partial charge < -0.3 is 10.6 Å². The summed E-state index contributed by atoms with van der Waals surface area (Å²) in [7, 11) is 1.83. The minimum Gasteiger partial charge on any atom is -0.342 e. The standard InChI is InChI=1S/C19H31N5O.2ClH/c1-7-14(5)24-18-16(11-21-24)15(10-13(4)22-18)19(25)23(6)9-8-17(20)12(2)3;;/h10-12,14,17H,7-9,20H2,1-6H3;2*1H. The average molecular weight is 418 g/mol. The van der Waals surface area contributed by atoms with Gasteiger partial charge in [0.15, 0.2) is 5.65 Å². The second-order valence-corrected chi connectivity index (χ2v) is 7.32. The average Bonchev–Trinajstić information content (AvgIpc) is 3.00. The van der Waals surface area contributed by atoms with E-state index in [2.05, 4.69) is 37.8 Å². The number of halogens is 2. The Morgan fingerprint density at radius 1 is 1.30 bits per heavy atom. The number of hydrogen-bond donors (Lipinski definition) is 1. The summed E-state index contributed by atoms with van der Waals surface area (Å²) in [5, 5.41) is 5.29. The van der Waals surface area contributed by atoms with Gasteiger partial charge in [-0.3, -0.25) is 4.79 Å². The Labute approximate surface area is 174 Å². The second kappa shape index (κ2) is 10.8. The number of fused-ring (bicyclic) bond motifs is 1. The quantitative estimate of drug-likeness (QED) is 0.737. The lowest BCUT2D eigenvalue weighted by Crippen LogP contribution is -2.34. The fraction of sp³-hybridized carbons (Fsp3) is 0.632. The highest BCUT2D eigenvalue weighted by Gasteiger charge is 2.20. The van der Waals surface area contributed by atoms with Crippen LogP contribution in [0.25, 0.3) is 11.0 Å². The zero-order valence-corrected chi connectivity index (χ0v) is 18.7. The van der Waals surface area contributed by atoms with Crippen LogP contribution in [0.1, 0.15) is 62.6 Å². The van der Waals surface area contributed by atoms with Gasteiger partial charge in [0, 0.05) is 25.3 Å². The summed E-state index contributed by atoms with van der Waals surface area (Å²) in [5.41, 5.74) is 8.38. The summed E-state index contributed by atoms with van der Waals surface area (Å²) in [4.78, 5) is 19.3. The lowest BCUT2D eigenvalue weighted by Gasteiger charge is -2.22. The van der Waals surface area contributed by atoms with Crippen molar-refractivity contribution in [3.63, 3.8) is 0 Å². The predicted molar refractivity (Wildman–Crippen MR) is 116 cm³/mol. The smallest absolute Gasteiger partial charge is 0.254 e. The second-order valence-electron chi connectivity index (χ2n) is 7.32. The van der Waals surface area contributed by atoms with Gasteiger partial charge in [-0.2, -0.15) is 5.10 Å². The fourth-order valence-electron chi connectivity index (χ4n) is 2.80. The molecule has 0 spiro atoms. The Morgan fingerprint density at radius 3 is 2.48 bits per heavy atom. The third kappa shape index (κ3) is 5.80.